The third-order valence-electron chi connectivity index (χ3n) is 1.99. The average molecular weight is 258 g/mol. The van der Waals surface area contributed by atoms with Crippen LogP contribution in [0.3, 0.4) is 0 Å². The molecule has 0 unspecified atom stereocenters. The molecule has 0 saturated heterocycles. The first-order valence-electron chi connectivity index (χ1n) is 4.70. The Morgan fingerprint density at radius 2 is 2.12 bits per heavy atom. The predicted molar refractivity (Wildman–Crippen MR) is 55.2 cm³/mol. The van der Waals surface area contributed by atoms with Crippen LogP contribution >= 0.6 is 0 Å². The topological polar surface area (TPSA) is 106 Å². The smallest absolute Gasteiger partial charge is 0.274 e. The van der Waals surface area contributed by atoms with Gasteiger partial charge in [0.2, 0.25) is 5.09 Å². The highest BCUT2D eigenvalue weighted by Crippen LogP contribution is 2.14. The van der Waals surface area contributed by atoms with Gasteiger partial charge in [-0.2, -0.15) is 0 Å². The zero-order valence-corrected chi connectivity index (χ0v) is 9.48. The summed E-state index contributed by atoms with van der Waals surface area (Å²) >= 11 is 0. The molecule has 0 aliphatic heterocycles. The zero-order chi connectivity index (χ0) is 12.3. The molecule has 2 heterocycles. The SMILES string of the molecule is O=S(=O)(NCc1ccno1)c1ccc(CO)o1. The molecule has 7 nitrogen and oxygen atoms in total. The minimum Gasteiger partial charge on any atom is -0.446 e. The number of sulfonamides is 1. The van der Waals surface area contributed by atoms with Gasteiger partial charge in [-0.05, 0) is 12.1 Å². The van der Waals surface area contributed by atoms with Crippen molar-refractivity contribution in [3.63, 3.8) is 0 Å². The molecule has 8 heteroatoms. The van der Waals surface area contributed by atoms with Gasteiger partial charge in [0.15, 0.2) is 5.76 Å². The molecule has 92 valence electrons. The van der Waals surface area contributed by atoms with E-state index in [4.69, 9.17) is 14.0 Å². The van der Waals surface area contributed by atoms with Gasteiger partial charge in [0.1, 0.15) is 12.4 Å². The van der Waals surface area contributed by atoms with Gasteiger partial charge < -0.3 is 14.0 Å². The van der Waals surface area contributed by atoms with Crippen molar-refractivity contribution in [1.82, 2.24) is 9.88 Å². The molecule has 0 atom stereocenters. The fourth-order valence-corrected chi connectivity index (χ4v) is 2.10. The van der Waals surface area contributed by atoms with E-state index in [1.165, 1.54) is 18.3 Å². The zero-order valence-electron chi connectivity index (χ0n) is 8.66. The van der Waals surface area contributed by atoms with Gasteiger partial charge in [0.25, 0.3) is 10.0 Å². The van der Waals surface area contributed by atoms with Crippen LogP contribution in [-0.2, 0) is 23.2 Å². The van der Waals surface area contributed by atoms with Gasteiger partial charge >= 0.3 is 0 Å². The first kappa shape index (κ1) is 11.8. The van der Waals surface area contributed by atoms with Crippen LogP contribution in [0.5, 0.6) is 0 Å². The second-order valence-corrected chi connectivity index (χ2v) is 4.88. The van der Waals surface area contributed by atoms with Gasteiger partial charge in [-0.3, -0.25) is 0 Å². The highest BCUT2D eigenvalue weighted by molar-refractivity contribution is 7.89. The number of aliphatic hydroxyl groups excluding tert-OH is 1. The highest BCUT2D eigenvalue weighted by atomic mass is 32.2. The highest BCUT2D eigenvalue weighted by Gasteiger charge is 2.18. The van der Waals surface area contributed by atoms with E-state index in [9.17, 15) is 8.42 Å². The normalized spacial score (nSPS) is 11.8. The van der Waals surface area contributed by atoms with Crippen LogP contribution in [0.25, 0.3) is 0 Å². The monoisotopic (exact) mass is 258 g/mol. The van der Waals surface area contributed by atoms with E-state index in [0.29, 0.717) is 5.76 Å². The molecule has 2 aromatic rings. The quantitative estimate of drug-likeness (QED) is 0.795. The summed E-state index contributed by atoms with van der Waals surface area (Å²) < 4.78 is 35.4. The fourth-order valence-electron chi connectivity index (χ4n) is 1.16. The number of aromatic nitrogens is 1. The molecule has 0 fully saturated rings. The molecule has 0 amide bonds. The molecule has 0 spiro atoms. The lowest BCUT2D eigenvalue weighted by atomic mass is 10.5. The minimum atomic E-state index is -3.74. The number of hydrogen-bond donors (Lipinski definition) is 2. The number of nitrogens with zero attached hydrogens (tertiary/aromatic N) is 1. The molecule has 2 rings (SSSR count). The van der Waals surface area contributed by atoms with E-state index in [-0.39, 0.29) is 24.0 Å². The molecule has 17 heavy (non-hydrogen) atoms. The number of furan rings is 1. The van der Waals surface area contributed by atoms with Gasteiger partial charge in [-0.25, -0.2) is 13.1 Å². The first-order chi connectivity index (χ1) is 8.12. The van der Waals surface area contributed by atoms with Crippen LogP contribution in [0.4, 0.5) is 0 Å². The Morgan fingerprint density at radius 1 is 1.29 bits per heavy atom. The molecular formula is C9H10N2O5S. The lowest BCUT2D eigenvalue weighted by Crippen LogP contribution is -2.22. The molecule has 0 saturated carbocycles. The van der Waals surface area contributed by atoms with Crippen LogP contribution in [0, 0.1) is 0 Å². The molecule has 0 aliphatic rings. The fraction of sp³-hybridized carbons (Fsp3) is 0.222. The minimum absolute atomic E-state index is 0.0164. The summed E-state index contributed by atoms with van der Waals surface area (Å²) in [6, 6.07) is 4.21. The van der Waals surface area contributed by atoms with E-state index in [1.54, 1.807) is 6.07 Å². The van der Waals surface area contributed by atoms with Crippen molar-refractivity contribution in [3.8, 4) is 0 Å². The van der Waals surface area contributed by atoms with Crippen molar-refractivity contribution in [2.75, 3.05) is 0 Å². The molecular weight excluding hydrogens is 248 g/mol. The van der Waals surface area contributed by atoms with E-state index < -0.39 is 10.0 Å². The maximum Gasteiger partial charge on any atom is 0.274 e. The van der Waals surface area contributed by atoms with Crippen LogP contribution in [0.2, 0.25) is 0 Å². The van der Waals surface area contributed by atoms with Crippen LogP contribution in [0.1, 0.15) is 11.5 Å². The molecule has 2 N–H and O–H groups in total. The Bertz CT molecular complexity index is 572. The Kier molecular flexibility index (Phi) is 3.27. The summed E-state index contributed by atoms with van der Waals surface area (Å²) in [7, 11) is -3.74. The van der Waals surface area contributed by atoms with Gasteiger partial charge in [0.05, 0.1) is 12.7 Å². The molecule has 0 bridgehead atoms. The third-order valence-corrected chi connectivity index (χ3v) is 3.26. The van der Waals surface area contributed by atoms with Crippen LogP contribution < -0.4 is 4.72 Å². The lowest BCUT2D eigenvalue weighted by Gasteiger charge is -2.01. The molecule has 2 aromatic heterocycles. The maximum atomic E-state index is 11.7. The van der Waals surface area contributed by atoms with Crippen LogP contribution in [0.15, 0.2) is 38.4 Å². The van der Waals surface area contributed by atoms with Crippen molar-refractivity contribution in [2.24, 2.45) is 0 Å². The van der Waals surface area contributed by atoms with Gasteiger partial charge in [-0.15, -0.1) is 0 Å². The van der Waals surface area contributed by atoms with Crippen molar-refractivity contribution in [2.45, 2.75) is 18.2 Å². The molecule has 0 radical (unpaired) electrons. The Balaban J connectivity index is 2.08. The van der Waals surface area contributed by atoms with Crippen LogP contribution in [-0.4, -0.2) is 18.7 Å². The Hall–Kier alpha value is -1.64. The summed E-state index contributed by atoms with van der Waals surface area (Å²) in [6.45, 7) is -0.366. The van der Waals surface area contributed by atoms with Crippen molar-refractivity contribution in [3.05, 3.63) is 35.9 Å². The first-order valence-corrected chi connectivity index (χ1v) is 6.19. The number of hydrogen-bond acceptors (Lipinski definition) is 6. The number of rotatable bonds is 5. The van der Waals surface area contributed by atoms with Gasteiger partial charge in [0, 0.05) is 6.07 Å². The van der Waals surface area contributed by atoms with Crippen molar-refractivity contribution in [1.29, 1.82) is 0 Å². The molecule has 0 aliphatic carbocycles. The van der Waals surface area contributed by atoms with E-state index in [0.717, 1.165) is 0 Å². The van der Waals surface area contributed by atoms with Gasteiger partial charge in [-0.1, -0.05) is 5.16 Å². The third kappa shape index (κ3) is 2.73. The van der Waals surface area contributed by atoms with E-state index >= 15 is 0 Å². The standard InChI is InChI=1S/C9H10N2O5S/c12-6-8-1-2-9(15-8)17(13,14)11-5-7-3-4-10-16-7/h1-4,11-12H,5-6H2. The Morgan fingerprint density at radius 3 is 2.71 bits per heavy atom. The maximum absolute atomic E-state index is 11.7. The average Bonchev–Trinajstić information content (AvgIpc) is 2.98. The van der Waals surface area contributed by atoms with Crippen molar-refractivity contribution >= 4 is 10.0 Å². The number of aliphatic hydroxyl groups is 1. The second kappa shape index (κ2) is 4.70. The largest absolute Gasteiger partial charge is 0.446 e. The lowest BCUT2D eigenvalue weighted by molar-refractivity contribution is 0.236. The van der Waals surface area contributed by atoms with E-state index in [2.05, 4.69) is 9.88 Å². The summed E-state index contributed by atoms with van der Waals surface area (Å²) in [5.41, 5.74) is 0. The summed E-state index contributed by atoms with van der Waals surface area (Å²) in [6.07, 6.45) is 1.42. The summed E-state index contributed by atoms with van der Waals surface area (Å²) in [4.78, 5) is 0. The number of nitrogens with one attached hydrogen (secondary N) is 1. The summed E-state index contributed by atoms with van der Waals surface area (Å²) in [5, 5.41) is 12.0. The van der Waals surface area contributed by atoms with Crippen molar-refractivity contribution < 1.29 is 22.5 Å². The predicted octanol–water partition coefficient (Wildman–Crippen LogP) is 0.238. The summed E-state index contributed by atoms with van der Waals surface area (Å²) in [5.74, 6) is 0.576. The van der Waals surface area contributed by atoms with E-state index in [1.807, 2.05) is 0 Å². The molecule has 0 aromatic carbocycles. The second-order valence-electron chi connectivity index (χ2n) is 3.18. The Labute approximate surface area is 97.1 Å².